The van der Waals surface area contributed by atoms with Gasteiger partial charge in [-0.05, 0) is 24.3 Å². The molecule has 21 heavy (non-hydrogen) atoms. The van der Waals surface area contributed by atoms with Crippen molar-refractivity contribution in [2.75, 3.05) is 6.61 Å². The predicted octanol–water partition coefficient (Wildman–Crippen LogP) is 3.96. The largest absolute Gasteiger partial charge is 0.456 e. The molecular weight excluding hydrogens is 342 g/mol. The summed E-state index contributed by atoms with van der Waals surface area (Å²) in [7, 11) is 0. The van der Waals surface area contributed by atoms with Crippen LogP contribution in [-0.2, 0) is 4.74 Å². The molecule has 0 spiro atoms. The molecule has 2 rings (SSSR count). The Morgan fingerprint density at radius 2 is 2.19 bits per heavy atom. The van der Waals surface area contributed by atoms with Gasteiger partial charge >= 0.3 is 5.97 Å². The summed E-state index contributed by atoms with van der Waals surface area (Å²) in [6.07, 6.45) is 1.43. The number of hydrogen-bond donors (Lipinski definition) is 0. The molecule has 6 nitrogen and oxygen atoms in total. The van der Waals surface area contributed by atoms with Crippen LogP contribution in [0.2, 0.25) is 0 Å². The van der Waals surface area contributed by atoms with Crippen molar-refractivity contribution in [1.29, 1.82) is 0 Å². The highest BCUT2D eigenvalue weighted by Gasteiger charge is 2.20. The summed E-state index contributed by atoms with van der Waals surface area (Å²) in [6.45, 7) is 3.49. The number of carbonyl (C=O) groups excluding carboxylic acids is 1. The highest BCUT2D eigenvalue weighted by atomic mass is 79.9. The minimum absolute atomic E-state index is 0.0240. The molecule has 0 aliphatic heterocycles. The number of nitro benzene ring substituents is 1. The summed E-state index contributed by atoms with van der Waals surface area (Å²) in [5, 5.41) is 11.1. The van der Waals surface area contributed by atoms with Crippen LogP contribution in [0.15, 0.2) is 51.9 Å². The van der Waals surface area contributed by atoms with Crippen LogP contribution in [-0.4, -0.2) is 17.5 Å². The molecular formula is C14H10BrNO5. The van der Waals surface area contributed by atoms with Gasteiger partial charge in [0, 0.05) is 10.5 Å². The fraction of sp³-hybridized carbons (Fsp3) is 0.0714. The second-order valence-corrected chi connectivity index (χ2v) is 4.89. The first-order valence-electron chi connectivity index (χ1n) is 5.85. The number of carbonyl (C=O) groups is 1. The molecule has 0 amide bonds. The first-order valence-corrected chi connectivity index (χ1v) is 6.64. The molecule has 0 aliphatic carbocycles. The first kappa shape index (κ1) is 15.0. The average molecular weight is 352 g/mol. The van der Waals surface area contributed by atoms with Crippen molar-refractivity contribution < 1.29 is 18.9 Å². The van der Waals surface area contributed by atoms with Gasteiger partial charge in [-0.2, -0.15) is 0 Å². The molecule has 0 fully saturated rings. The van der Waals surface area contributed by atoms with Gasteiger partial charge in [-0.15, -0.1) is 0 Å². The maximum atomic E-state index is 11.6. The van der Waals surface area contributed by atoms with Crippen molar-refractivity contribution in [3.05, 3.63) is 63.3 Å². The van der Waals surface area contributed by atoms with Gasteiger partial charge < -0.3 is 9.15 Å². The van der Waals surface area contributed by atoms with Gasteiger partial charge in [-0.25, -0.2) is 4.79 Å². The van der Waals surface area contributed by atoms with E-state index >= 15 is 0 Å². The van der Waals surface area contributed by atoms with E-state index in [0.717, 1.165) is 0 Å². The van der Waals surface area contributed by atoms with E-state index in [4.69, 9.17) is 9.15 Å². The number of rotatable bonds is 5. The SMILES string of the molecule is C=CCOC(=O)c1ccc(-c2ccc(Br)cc2[N+](=O)[O-])o1. The van der Waals surface area contributed by atoms with Crippen LogP contribution >= 0.6 is 15.9 Å². The summed E-state index contributed by atoms with van der Waals surface area (Å²) >= 11 is 3.18. The molecule has 108 valence electrons. The Hall–Kier alpha value is -2.41. The normalized spacial score (nSPS) is 10.1. The topological polar surface area (TPSA) is 82.6 Å². The zero-order chi connectivity index (χ0) is 15.4. The molecule has 0 N–H and O–H groups in total. The number of halogens is 1. The quantitative estimate of drug-likeness (QED) is 0.352. The second kappa shape index (κ2) is 6.36. The molecule has 1 aromatic carbocycles. The van der Waals surface area contributed by atoms with Crippen LogP contribution in [0, 0.1) is 10.1 Å². The van der Waals surface area contributed by atoms with Crippen LogP contribution in [0.1, 0.15) is 10.6 Å². The minimum atomic E-state index is -0.652. The molecule has 0 unspecified atom stereocenters. The Morgan fingerprint density at radius 1 is 1.43 bits per heavy atom. The summed E-state index contributed by atoms with van der Waals surface area (Å²) < 4.78 is 10.7. The number of furan rings is 1. The smallest absolute Gasteiger partial charge is 0.374 e. The van der Waals surface area contributed by atoms with E-state index in [-0.39, 0.29) is 29.4 Å². The van der Waals surface area contributed by atoms with Crippen molar-refractivity contribution in [3.63, 3.8) is 0 Å². The van der Waals surface area contributed by atoms with Crippen molar-refractivity contribution in [2.45, 2.75) is 0 Å². The molecule has 0 saturated carbocycles. The minimum Gasteiger partial charge on any atom is -0.456 e. The molecule has 2 aromatic rings. The van der Waals surface area contributed by atoms with E-state index in [0.29, 0.717) is 4.47 Å². The van der Waals surface area contributed by atoms with Crippen LogP contribution in [0.25, 0.3) is 11.3 Å². The highest BCUT2D eigenvalue weighted by molar-refractivity contribution is 9.10. The Balaban J connectivity index is 2.36. The fourth-order valence-electron chi connectivity index (χ4n) is 1.66. The molecule has 1 aromatic heterocycles. The third-order valence-electron chi connectivity index (χ3n) is 2.56. The lowest BCUT2D eigenvalue weighted by atomic mass is 10.1. The molecule has 1 heterocycles. The lowest BCUT2D eigenvalue weighted by Crippen LogP contribution is -2.03. The maximum absolute atomic E-state index is 11.6. The number of ether oxygens (including phenoxy) is 1. The maximum Gasteiger partial charge on any atom is 0.374 e. The monoisotopic (exact) mass is 351 g/mol. The summed E-state index contributed by atoms with van der Waals surface area (Å²) in [5.74, 6) is -0.454. The van der Waals surface area contributed by atoms with Gasteiger partial charge in [-0.1, -0.05) is 28.6 Å². The van der Waals surface area contributed by atoms with Gasteiger partial charge in [-0.3, -0.25) is 10.1 Å². The molecule has 0 radical (unpaired) electrons. The van der Waals surface area contributed by atoms with Crippen molar-refractivity contribution in [1.82, 2.24) is 0 Å². The van der Waals surface area contributed by atoms with Gasteiger partial charge in [0.1, 0.15) is 12.4 Å². The highest BCUT2D eigenvalue weighted by Crippen LogP contribution is 2.33. The van der Waals surface area contributed by atoms with E-state index in [2.05, 4.69) is 22.5 Å². The van der Waals surface area contributed by atoms with Crippen LogP contribution < -0.4 is 0 Å². The predicted molar refractivity (Wildman–Crippen MR) is 79.0 cm³/mol. The van der Waals surface area contributed by atoms with E-state index in [1.54, 1.807) is 12.1 Å². The molecule has 0 saturated heterocycles. The zero-order valence-corrected chi connectivity index (χ0v) is 12.3. The molecule has 0 bridgehead atoms. The van der Waals surface area contributed by atoms with E-state index < -0.39 is 10.9 Å². The van der Waals surface area contributed by atoms with E-state index in [1.165, 1.54) is 24.3 Å². The summed E-state index contributed by atoms with van der Waals surface area (Å²) in [4.78, 5) is 22.2. The Bertz CT molecular complexity index is 707. The van der Waals surface area contributed by atoms with Crippen molar-refractivity contribution in [3.8, 4) is 11.3 Å². The van der Waals surface area contributed by atoms with Crippen LogP contribution in [0.4, 0.5) is 5.69 Å². The third-order valence-corrected chi connectivity index (χ3v) is 3.05. The van der Waals surface area contributed by atoms with Gasteiger partial charge in [0.05, 0.1) is 10.5 Å². The number of hydrogen-bond acceptors (Lipinski definition) is 5. The van der Waals surface area contributed by atoms with Gasteiger partial charge in [0.2, 0.25) is 5.76 Å². The lowest BCUT2D eigenvalue weighted by molar-refractivity contribution is -0.384. The third kappa shape index (κ3) is 3.38. The zero-order valence-electron chi connectivity index (χ0n) is 10.7. The Morgan fingerprint density at radius 3 is 2.86 bits per heavy atom. The van der Waals surface area contributed by atoms with E-state index in [9.17, 15) is 14.9 Å². The molecule has 0 atom stereocenters. The number of nitrogens with zero attached hydrogens (tertiary/aromatic N) is 1. The summed E-state index contributed by atoms with van der Waals surface area (Å²) in [6, 6.07) is 7.46. The fourth-order valence-corrected chi connectivity index (χ4v) is 2.01. The van der Waals surface area contributed by atoms with Crippen molar-refractivity contribution in [2.24, 2.45) is 0 Å². The first-order chi connectivity index (χ1) is 10.0. The summed E-state index contributed by atoms with van der Waals surface area (Å²) in [5.41, 5.74) is 0.163. The van der Waals surface area contributed by atoms with Gasteiger partial charge in [0.25, 0.3) is 5.69 Å². The molecule has 0 aliphatic rings. The number of esters is 1. The molecule has 7 heteroatoms. The van der Waals surface area contributed by atoms with E-state index in [1.807, 2.05) is 0 Å². The standard InChI is InChI=1S/C14H10BrNO5/c1-2-7-20-14(17)13-6-5-12(21-13)10-4-3-9(15)8-11(10)16(18)19/h2-6,8H,1,7H2. The second-order valence-electron chi connectivity index (χ2n) is 3.97. The Kier molecular flexibility index (Phi) is 4.54. The number of nitro groups is 1. The van der Waals surface area contributed by atoms with Gasteiger partial charge in [0.15, 0.2) is 0 Å². The average Bonchev–Trinajstić information content (AvgIpc) is 2.94. The Labute approximate surface area is 128 Å². The number of benzene rings is 1. The van der Waals surface area contributed by atoms with Crippen molar-refractivity contribution >= 4 is 27.6 Å². The van der Waals surface area contributed by atoms with Crippen LogP contribution in [0.5, 0.6) is 0 Å². The van der Waals surface area contributed by atoms with Crippen LogP contribution in [0.3, 0.4) is 0 Å². The lowest BCUT2D eigenvalue weighted by Gasteiger charge is -2.01.